The number of pyridine rings is 1. The van der Waals surface area contributed by atoms with E-state index in [1.807, 2.05) is 18.2 Å². The van der Waals surface area contributed by atoms with Gasteiger partial charge in [0, 0.05) is 43.9 Å². The van der Waals surface area contributed by atoms with Gasteiger partial charge in [0.2, 0.25) is 5.78 Å². The molecule has 3 heterocycles. The quantitative estimate of drug-likeness (QED) is 0.371. The summed E-state index contributed by atoms with van der Waals surface area (Å²) in [5.74, 6) is -0.944. The summed E-state index contributed by atoms with van der Waals surface area (Å²) in [6.45, 7) is 1.56. The molecule has 0 amide bonds. The van der Waals surface area contributed by atoms with Gasteiger partial charge in [-0.3, -0.25) is 9.48 Å². The highest BCUT2D eigenvalue weighted by molar-refractivity contribution is 6.12. The van der Waals surface area contributed by atoms with Gasteiger partial charge in [-0.1, -0.05) is 30.3 Å². The van der Waals surface area contributed by atoms with Crippen LogP contribution in [0.25, 0.3) is 22.2 Å². The number of carbonyl (C=O) groups is 1. The van der Waals surface area contributed by atoms with Crippen LogP contribution in [0.2, 0.25) is 0 Å². The molecule has 0 radical (unpaired) electrons. The Hall–Kier alpha value is -3.36. The highest BCUT2D eigenvalue weighted by atomic mass is 19.1. The molecule has 7 nitrogen and oxygen atoms in total. The first-order valence-electron chi connectivity index (χ1n) is 9.33. The van der Waals surface area contributed by atoms with E-state index in [0.29, 0.717) is 11.1 Å². The van der Waals surface area contributed by atoms with Gasteiger partial charge < -0.3 is 14.5 Å². The lowest BCUT2D eigenvalue weighted by atomic mass is 9.87. The van der Waals surface area contributed by atoms with E-state index in [2.05, 4.69) is 15.1 Å². The zero-order chi connectivity index (χ0) is 21.3. The van der Waals surface area contributed by atoms with Crippen LogP contribution >= 0.6 is 0 Å². The SMILES string of the molecule is COCOC(C)(C(=O)c1c[nH]c2ncc(-c3cnn(C)c3)c(F)c12)c1ccccc1. The van der Waals surface area contributed by atoms with Crippen LogP contribution in [0.3, 0.4) is 0 Å². The van der Waals surface area contributed by atoms with E-state index in [0.717, 1.165) is 0 Å². The molecule has 0 aliphatic rings. The Morgan fingerprint density at radius 3 is 2.70 bits per heavy atom. The first kappa shape index (κ1) is 19.9. The molecule has 0 fully saturated rings. The molecule has 4 rings (SSSR count). The minimum atomic E-state index is -1.37. The predicted octanol–water partition coefficient (Wildman–Crippen LogP) is 3.82. The van der Waals surface area contributed by atoms with Crippen LogP contribution in [0.4, 0.5) is 4.39 Å². The summed E-state index contributed by atoms with van der Waals surface area (Å²) in [6, 6.07) is 9.06. The number of carbonyl (C=O) groups excluding carboxylic acids is 1. The predicted molar refractivity (Wildman–Crippen MR) is 109 cm³/mol. The summed E-state index contributed by atoms with van der Waals surface area (Å²) < 4.78 is 28.0. The van der Waals surface area contributed by atoms with Crippen molar-refractivity contribution in [3.05, 3.63) is 72.1 Å². The van der Waals surface area contributed by atoms with Crippen LogP contribution in [-0.2, 0) is 22.1 Å². The number of ketones is 1. The highest BCUT2D eigenvalue weighted by Gasteiger charge is 2.39. The molecule has 1 aromatic carbocycles. The van der Waals surface area contributed by atoms with Gasteiger partial charge in [-0.15, -0.1) is 0 Å². The van der Waals surface area contributed by atoms with Crippen molar-refractivity contribution in [2.24, 2.45) is 7.05 Å². The summed E-state index contributed by atoms with van der Waals surface area (Å²) >= 11 is 0. The summed E-state index contributed by atoms with van der Waals surface area (Å²) in [7, 11) is 3.22. The fourth-order valence-corrected chi connectivity index (χ4v) is 3.47. The van der Waals surface area contributed by atoms with Crippen molar-refractivity contribution in [3.8, 4) is 11.1 Å². The third kappa shape index (κ3) is 3.30. The third-order valence-corrected chi connectivity index (χ3v) is 5.12. The molecule has 4 aromatic rings. The molecule has 0 aliphatic carbocycles. The molecule has 30 heavy (non-hydrogen) atoms. The number of halogens is 1. The number of aryl methyl sites for hydroxylation is 1. The maximum Gasteiger partial charge on any atom is 0.201 e. The van der Waals surface area contributed by atoms with Gasteiger partial charge in [-0.25, -0.2) is 9.37 Å². The van der Waals surface area contributed by atoms with E-state index in [1.54, 1.807) is 43.2 Å². The first-order chi connectivity index (χ1) is 14.5. The molecule has 0 saturated heterocycles. The van der Waals surface area contributed by atoms with E-state index >= 15 is 4.39 Å². The number of nitrogens with zero attached hydrogens (tertiary/aromatic N) is 3. The Morgan fingerprint density at radius 1 is 1.27 bits per heavy atom. The maximum absolute atomic E-state index is 15.5. The molecule has 8 heteroatoms. The minimum absolute atomic E-state index is 0.0961. The van der Waals surface area contributed by atoms with Crippen molar-refractivity contribution in [1.29, 1.82) is 0 Å². The Kier molecular flexibility index (Phi) is 5.19. The van der Waals surface area contributed by atoms with Gasteiger partial charge in [0.05, 0.1) is 17.1 Å². The van der Waals surface area contributed by atoms with Gasteiger partial charge in [0.1, 0.15) is 18.3 Å². The fraction of sp³-hybridized carbons (Fsp3) is 0.227. The topological polar surface area (TPSA) is 82.0 Å². The van der Waals surface area contributed by atoms with Gasteiger partial charge in [-0.05, 0) is 12.5 Å². The number of rotatable bonds is 7. The van der Waals surface area contributed by atoms with Crippen molar-refractivity contribution in [3.63, 3.8) is 0 Å². The monoisotopic (exact) mass is 408 g/mol. The highest BCUT2D eigenvalue weighted by Crippen LogP contribution is 2.35. The second kappa shape index (κ2) is 7.81. The molecule has 0 spiro atoms. The second-order valence-corrected chi connectivity index (χ2v) is 7.09. The number of nitrogens with one attached hydrogen (secondary N) is 1. The van der Waals surface area contributed by atoms with Crippen LogP contribution in [0.15, 0.2) is 55.1 Å². The minimum Gasteiger partial charge on any atom is -0.359 e. The average Bonchev–Trinajstić information content (AvgIpc) is 3.39. The van der Waals surface area contributed by atoms with E-state index < -0.39 is 17.2 Å². The molecule has 1 unspecified atom stereocenters. The van der Waals surface area contributed by atoms with E-state index in [9.17, 15) is 4.79 Å². The van der Waals surface area contributed by atoms with Crippen LogP contribution in [0.1, 0.15) is 22.8 Å². The third-order valence-electron chi connectivity index (χ3n) is 5.12. The van der Waals surface area contributed by atoms with Gasteiger partial charge in [0.25, 0.3) is 0 Å². The number of hydrogen-bond donors (Lipinski definition) is 1. The fourth-order valence-electron chi connectivity index (χ4n) is 3.47. The molecule has 1 atom stereocenters. The lowest BCUT2D eigenvalue weighted by Crippen LogP contribution is -2.36. The normalized spacial score (nSPS) is 13.5. The Morgan fingerprint density at radius 2 is 2.03 bits per heavy atom. The zero-order valence-corrected chi connectivity index (χ0v) is 16.8. The van der Waals surface area contributed by atoms with Crippen LogP contribution in [-0.4, -0.2) is 39.4 Å². The number of aromatic nitrogens is 4. The number of aromatic amines is 1. The zero-order valence-electron chi connectivity index (χ0n) is 16.8. The van der Waals surface area contributed by atoms with Crippen LogP contribution in [0.5, 0.6) is 0 Å². The molecule has 0 bridgehead atoms. The molecule has 0 saturated carbocycles. The van der Waals surface area contributed by atoms with Crippen molar-refractivity contribution in [1.82, 2.24) is 19.7 Å². The molecule has 154 valence electrons. The summed E-state index contributed by atoms with van der Waals surface area (Å²) in [5.41, 5.74) is 0.546. The van der Waals surface area contributed by atoms with E-state index in [-0.39, 0.29) is 29.0 Å². The standard InChI is InChI=1S/C22H21FN4O3/c1-22(30-13-29-3,15-7-5-4-6-8-15)20(28)17-11-25-21-18(17)19(23)16(10-24-21)14-9-26-27(2)12-14/h4-12H,13H2,1-3H3,(H,24,25). The molecular formula is C22H21FN4O3. The van der Waals surface area contributed by atoms with E-state index in [4.69, 9.17) is 9.47 Å². The van der Waals surface area contributed by atoms with Gasteiger partial charge >= 0.3 is 0 Å². The number of methoxy groups -OCH3 is 1. The summed E-state index contributed by atoms with van der Waals surface area (Å²) in [4.78, 5) is 20.8. The lowest BCUT2D eigenvalue weighted by molar-refractivity contribution is -0.106. The van der Waals surface area contributed by atoms with Crippen molar-refractivity contribution < 1.29 is 18.7 Å². The van der Waals surface area contributed by atoms with Gasteiger partial charge in [0.15, 0.2) is 5.60 Å². The Balaban J connectivity index is 1.86. The van der Waals surface area contributed by atoms with Crippen LogP contribution < -0.4 is 0 Å². The number of hydrogen-bond acceptors (Lipinski definition) is 5. The summed E-state index contributed by atoms with van der Waals surface area (Å²) in [5, 5.41) is 4.20. The van der Waals surface area contributed by atoms with Crippen molar-refractivity contribution >= 4 is 16.8 Å². The number of Topliss-reactive ketones (excluding diaryl/α,β-unsaturated/α-hetero) is 1. The van der Waals surface area contributed by atoms with Crippen molar-refractivity contribution in [2.45, 2.75) is 12.5 Å². The maximum atomic E-state index is 15.5. The summed E-state index contributed by atoms with van der Waals surface area (Å²) in [6.07, 6.45) is 6.14. The second-order valence-electron chi connectivity index (χ2n) is 7.09. The Labute approximate surface area is 172 Å². The lowest BCUT2D eigenvalue weighted by Gasteiger charge is -2.28. The number of fused-ring (bicyclic) bond motifs is 1. The van der Waals surface area contributed by atoms with Crippen molar-refractivity contribution in [2.75, 3.05) is 13.9 Å². The van der Waals surface area contributed by atoms with E-state index in [1.165, 1.54) is 19.5 Å². The molecule has 1 N–H and O–H groups in total. The number of ether oxygens (including phenoxy) is 2. The van der Waals surface area contributed by atoms with Gasteiger partial charge in [-0.2, -0.15) is 5.10 Å². The smallest absolute Gasteiger partial charge is 0.201 e. The number of H-pyrrole nitrogens is 1. The molecule has 0 aliphatic heterocycles. The largest absolute Gasteiger partial charge is 0.359 e. The number of benzene rings is 1. The molecule has 3 aromatic heterocycles. The van der Waals surface area contributed by atoms with Crippen LogP contribution in [0, 0.1) is 5.82 Å². The molecular weight excluding hydrogens is 387 g/mol. The average molecular weight is 408 g/mol. The Bertz CT molecular complexity index is 1200. The first-order valence-corrected chi connectivity index (χ1v) is 9.33.